The van der Waals surface area contributed by atoms with E-state index in [-0.39, 0.29) is 18.8 Å². The number of urea groups is 1. The highest BCUT2D eigenvalue weighted by atomic mass is 32.2. The lowest BCUT2D eigenvalue weighted by Gasteiger charge is -2.12. The van der Waals surface area contributed by atoms with Crippen LogP contribution < -0.4 is 10.6 Å². The van der Waals surface area contributed by atoms with Gasteiger partial charge in [-0.15, -0.1) is 0 Å². The van der Waals surface area contributed by atoms with E-state index in [2.05, 4.69) is 15.4 Å². The number of carbonyl (C=O) groups is 2. The SMILES string of the molecule is COC(CNC(=O)NCCCS(C)(=O)=O)C(=O)O. The number of sulfone groups is 1. The van der Waals surface area contributed by atoms with Crippen molar-refractivity contribution in [3.05, 3.63) is 0 Å². The van der Waals surface area contributed by atoms with E-state index in [1.54, 1.807) is 0 Å². The highest BCUT2D eigenvalue weighted by Gasteiger charge is 2.16. The largest absolute Gasteiger partial charge is 0.479 e. The number of aliphatic carboxylic acids is 1. The Bertz CT molecular complexity index is 381. The molecule has 0 aromatic carbocycles. The molecule has 0 aliphatic rings. The second-order valence-electron chi connectivity index (χ2n) is 3.68. The van der Waals surface area contributed by atoms with Crippen molar-refractivity contribution in [1.29, 1.82) is 0 Å². The quantitative estimate of drug-likeness (QED) is 0.482. The molecule has 0 heterocycles. The van der Waals surface area contributed by atoms with Crippen molar-refractivity contribution >= 4 is 21.8 Å². The van der Waals surface area contributed by atoms with Gasteiger partial charge in [0.15, 0.2) is 6.10 Å². The van der Waals surface area contributed by atoms with Crippen LogP contribution in [0.4, 0.5) is 4.79 Å². The summed E-state index contributed by atoms with van der Waals surface area (Å²) in [5.74, 6) is -1.18. The molecule has 0 aromatic rings. The molecule has 0 bridgehead atoms. The van der Waals surface area contributed by atoms with Crippen LogP contribution in [0, 0.1) is 0 Å². The van der Waals surface area contributed by atoms with Gasteiger partial charge in [-0.3, -0.25) is 0 Å². The predicted octanol–water partition coefficient (Wildman–Crippen LogP) is -1.18. The number of methoxy groups -OCH3 is 1. The second-order valence-corrected chi connectivity index (χ2v) is 5.94. The lowest BCUT2D eigenvalue weighted by Crippen LogP contribution is -2.43. The Kier molecular flexibility index (Phi) is 7.29. The molecule has 0 radical (unpaired) electrons. The van der Waals surface area contributed by atoms with Gasteiger partial charge in [0, 0.05) is 19.9 Å². The zero-order valence-corrected chi connectivity index (χ0v) is 11.1. The molecule has 0 aliphatic carbocycles. The van der Waals surface area contributed by atoms with Crippen molar-refractivity contribution in [3.8, 4) is 0 Å². The maximum Gasteiger partial charge on any atom is 0.334 e. The number of carboxylic acids is 1. The molecule has 0 spiro atoms. The van der Waals surface area contributed by atoms with E-state index in [1.807, 2.05) is 0 Å². The summed E-state index contributed by atoms with van der Waals surface area (Å²) in [6.07, 6.45) is 0.314. The number of carbonyl (C=O) groups excluding carboxylic acids is 1. The average Bonchev–Trinajstić information content (AvgIpc) is 2.23. The number of amides is 2. The molecule has 9 heteroatoms. The van der Waals surface area contributed by atoms with Gasteiger partial charge in [0.05, 0.1) is 12.3 Å². The molecule has 1 atom stereocenters. The van der Waals surface area contributed by atoms with Crippen molar-refractivity contribution in [3.63, 3.8) is 0 Å². The first-order valence-electron chi connectivity index (χ1n) is 5.21. The lowest BCUT2D eigenvalue weighted by atomic mass is 10.3. The van der Waals surface area contributed by atoms with Crippen molar-refractivity contribution in [2.45, 2.75) is 12.5 Å². The van der Waals surface area contributed by atoms with Gasteiger partial charge in [-0.1, -0.05) is 0 Å². The van der Waals surface area contributed by atoms with E-state index in [9.17, 15) is 18.0 Å². The van der Waals surface area contributed by atoms with Crippen LogP contribution in [0.5, 0.6) is 0 Å². The maximum absolute atomic E-state index is 11.2. The highest BCUT2D eigenvalue weighted by Crippen LogP contribution is 1.88. The minimum absolute atomic E-state index is 0.0108. The van der Waals surface area contributed by atoms with Gasteiger partial charge in [-0.25, -0.2) is 18.0 Å². The zero-order chi connectivity index (χ0) is 14.2. The third kappa shape index (κ3) is 8.76. The third-order valence-electron chi connectivity index (χ3n) is 1.99. The zero-order valence-electron chi connectivity index (χ0n) is 10.3. The fraction of sp³-hybridized carbons (Fsp3) is 0.778. The van der Waals surface area contributed by atoms with Crippen LogP contribution in [0.15, 0.2) is 0 Å². The van der Waals surface area contributed by atoms with Crippen LogP contribution in [0.1, 0.15) is 6.42 Å². The molecule has 0 fully saturated rings. The molecule has 8 nitrogen and oxygen atoms in total. The summed E-state index contributed by atoms with van der Waals surface area (Å²) in [5, 5.41) is 13.3. The second kappa shape index (κ2) is 7.88. The number of ether oxygens (including phenoxy) is 1. The summed E-state index contributed by atoms with van der Waals surface area (Å²) in [7, 11) is -1.81. The predicted molar refractivity (Wildman–Crippen MR) is 64.2 cm³/mol. The van der Waals surface area contributed by atoms with Gasteiger partial charge >= 0.3 is 12.0 Å². The molecule has 0 aliphatic heterocycles. The summed E-state index contributed by atoms with van der Waals surface area (Å²) in [5.41, 5.74) is 0. The van der Waals surface area contributed by atoms with Gasteiger partial charge in [-0.05, 0) is 6.42 Å². The van der Waals surface area contributed by atoms with Gasteiger partial charge in [0.25, 0.3) is 0 Å². The normalized spacial score (nSPS) is 12.8. The molecule has 18 heavy (non-hydrogen) atoms. The number of hydrogen-bond donors (Lipinski definition) is 3. The summed E-state index contributed by atoms with van der Waals surface area (Å²) in [6.45, 7) is 0.0351. The highest BCUT2D eigenvalue weighted by molar-refractivity contribution is 7.90. The van der Waals surface area contributed by atoms with Crippen LogP contribution in [-0.4, -0.2) is 63.8 Å². The Morgan fingerprint density at radius 2 is 1.94 bits per heavy atom. The Balaban J connectivity index is 3.75. The molecule has 0 aromatic heterocycles. The van der Waals surface area contributed by atoms with Gasteiger partial charge < -0.3 is 20.5 Å². The topological polar surface area (TPSA) is 122 Å². The minimum Gasteiger partial charge on any atom is -0.479 e. The van der Waals surface area contributed by atoms with Crippen molar-refractivity contribution in [2.24, 2.45) is 0 Å². The number of rotatable bonds is 8. The molecule has 0 saturated carbocycles. The molecule has 2 amide bonds. The monoisotopic (exact) mass is 282 g/mol. The number of carboxylic acid groups (broad SMARTS) is 1. The molecule has 0 rings (SSSR count). The van der Waals surface area contributed by atoms with Gasteiger partial charge in [0.1, 0.15) is 9.84 Å². The Hall–Kier alpha value is -1.35. The van der Waals surface area contributed by atoms with Crippen LogP contribution in [0.25, 0.3) is 0 Å². The fourth-order valence-corrected chi connectivity index (χ4v) is 1.72. The third-order valence-corrected chi connectivity index (χ3v) is 3.02. The van der Waals surface area contributed by atoms with Crippen molar-refractivity contribution in [1.82, 2.24) is 10.6 Å². The van der Waals surface area contributed by atoms with Crippen molar-refractivity contribution < 1.29 is 27.9 Å². The van der Waals surface area contributed by atoms with Crippen LogP contribution in [0.3, 0.4) is 0 Å². The van der Waals surface area contributed by atoms with E-state index in [1.165, 1.54) is 7.11 Å². The van der Waals surface area contributed by atoms with Crippen LogP contribution >= 0.6 is 0 Å². The van der Waals surface area contributed by atoms with Gasteiger partial charge in [0.2, 0.25) is 0 Å². The molecular weight excluding hydrogens is 264 g/mol. The first kappa shape index (κ1) is 16.6. The lowest BCUT2D eigenvalue weighted by molar-refractivity contribution is -0.147. The van der Waals surface area contributed by atoms with E-state index < -0.39 is 27.9 Å². The number of nitrogens with one attached hydrogen (secondary N) is 2. The standard InChI is InChI=1S/C9H18N2O6S/c1-17-7(8(12)13)6-11-9(14)10-4-3-5-18(2,15)16/h7H,3-6H2,1-2H3,(H,12,13)(H2,10,11,14). The summed E-state index contributed by atoms with van der Waals surface area (Å²) < 4.78 is 26.2. The summed E-state index contributed by atoms with van der Waals surface area (Å²) in [6, 6.07) is -0.563. The fourth-order valence-electron chi connectivity index (χ4n) is 1.06. The van der Waals surface area contributed by atoms with E-state index in [4.69, 9.17) is 5.11 Å². The molecule has 1 unspecified atom stereocenters. The minimum atomic E-state index is -3.03. The Labute approximate surface area is 106 Å². The number of hydrogen-bond acceptors (Lipinski definition) is 5. The molecular formula is C9H18N2O6S. The van der Waals surface area contributed by atoms with E-state index in [0.29, 0.717) is 6.42 Å². The molecule has 3 N–H and O–H groups in total. The first-order valence-corrected chi connectivity index (χ1v) is 7.27. The van der Waals surface area contributed by atoms with Gasteiger partial charge in [-0.2, -0.15) is 0 Å². The van der Waals surface area contributed by atoms with Crippen LogP contribution in [0.2, 0.25) is 0 Å². The molecule has 0 saturated heterocycles. The van der Waals surface area contributed by atoms with E-state index in [0.717, 1.165) is 6.26 Å². The van der Waals surface area contributed by atoms with Crippen molar-refractivity contribution in [2.75, 3.05) is 32.2 Å². The summed E-state index contributed by atoms with van der Waals surface area (Å²) in [4.78, 5) is 21.7. The van der Waals surface area contributed by atoms with Crippen LogP contribution in [-0.2, 0) is 19.4 Å². The Morgan fingerprint density at radius 1 is 1.33 bits per heavy atom. The molecule has 106 valence electrons. The first-order chi connectivity index (χ1) is 8.26. The smallest absolute Gasteiger partial charge is 0.334 e. The van der Waals surface area contributed by atoms with E-state index >= 15 is 0 Å². The Morgan fingerprint density at radius 3 is 2.39 bits per heavy atom. The maximum atomic E-state index is 11.2. The summed E-state index contributed by atoms with van der Waals surface area (Å²) >= 11 is 0. The average molecular weight is 282 g/mol.